The number of aromatic nitrogens is 1. The lowest BCUT2D eigenvalue weighted by atomic mass is 10.1. The number of rotatable bonds is 5. The Bertz CT molecular complexity index is 1030. The van der Waals surface area contributed by atoms with E-state index in [0.29, 0.717) is 27.1 Å². The summed E-state index contributed by atoms with van der Waals surface area (Å²) >= 11 is 7.34. The van der Waals surface area contributed by atoms with Gasteiger partial charge >= 0.3 is 5.97 Å². The average Bonchev–Trinajstić information content (AvgIpc) is 3.10. The number of nitrogens with zero attached hydrogens (tertiary/aromatic N) is 2. The van der Waals surface area contributed by atoms with E-state index in [-0.39, 0.29) is 12.5 Å². The first-order valence-corrected chi connectivity index (χ1v) is 9.86. The van der Waals surface area contributed by atoms with Gasteiger partial charge in [0.2, 0.25) is 5.91 Å². The van der Waals surface area contributed by atoms with Gasteiger partial charge < -0.3 is 4.74 Å². The van der Waals surface area contributed by atoms with Gasteiger partial charge in [0.1, 0.15) is 6.61 Å². The third-order valence-corrected chi connectivity index (χ3v) is 5.19. The SMILES string of the molecule is CC(=O)N(c1cccc(Cl)c1)c1nc(COC(=O)c2cc(C)ccc2C)cs1. The Hall–Kier alpha value is -2.70. The maximum absolute atomic E-state index is 12.4. The van der Waals surface area contributed by atoms with Crippen LogP contribution in [0.1, 0.15) is 34.1 Å². The number of anilines is 2. The number of carbonyl (C=O) groups excluding carboxylic acids is 2. The largest absolute Gasteiger partial charge is 0.456 e. The molecule has 0 atom stereocenters. The molecule has 1 amide bonds. The fourth-order valence-electron chi connectivity index (χ4n) is 2.68. The van der Waals surface area contributed by atoms with E-state index in [1.54, 1.807) is 35.7 Å². The zero-order valence-electron chi connectivity index (χ0n) is 15.7. The topological polar surface area (TPSA) is 59.5 Å². The van der Waals surface area contributed by atoms with Crippen LogP contribution in [0, 0.1) is 13.8 Å². The van der Waals surface area contributed by atoms with Crippen LogP contribution in [0.15, 0.2) is 47.8 Å². The number of esters is 1. The van der Waals surface area contributed by atoms with Gasteiger partial charge in [-0.3, -0.25) is 9.69 Å². The smallest absolute Gasteiger partial charge is 0.338 e. The first kappa shape index (κ1) is 20.0. The molecule has 0 radical (unpaired) electrons. The van der Waals surface area contributed by atoms with E-state index in [9.17, 15) is 9.59 Å². The van der Waals surface area contributed by atoms with Crippen LogP contribution in [-0.4, -0.2) is 16.9 Å². The second kappa shape index (κ2) is 8.54. The van der Waals surface area contributed by atoms with Crippen molar-refractivity contribution in [3.63, 3.8) is 0 Å². The van der Waals surface area contributed by atoms with Crippen LogP contribution in [0.2, 0.25) is 5.02 Å². The molecule has 0 saturated carbocycles. The Morgan fingerprint density at radius 3 is 2.68 bits per heavy atom. The van der Waals surface area contributed by atoms with Gasteiger partial charge in [0, 0.05) is 17.3 Å². The summed E-state index contributed by atoms with van der Waals surface area (Å²) in [5.74, 6) is -0.579. The van der Waals surface area contributed by atoms with Gasteiger partial charge in [0.15, 0.2) is 5.13 Å². The van der Waals surface area contributed by atoms with Gasteiger partial charge in [-0.05, 0) is 43.7 Å². The third-order valence-electron chi connectivity index (χ3n) is 4.08. The monoisotopic (exact) mass is 414 g/mol. The number of halogens is 1. The molecule has 1 aromatic heterocycles. The first-order chi connectivity index (χ1) is 13.3. The number of benzene rings is 2. The number of ether oxygens (including phenoxy) is 1. The van der Waals surface area contributed by atoms with E-state index in [0.717, 1.165) is 11.1 Å². The molecule has 1 heterocycles. The number of carbonyl (C=O) groups is 2. The van der Waals surface area contributed by atoms with E-state index in [2.05, 4.69) is 4.98 Å². The van der Waals surface area contributed by atoms with E-state index < -0.39 is 5.97 Å². The van der Waals surface area contributed by atoms with Gasteiger partial charge in [-0.2, -0.15) is 0 Å². The van der Waals surface area contributed by atoms with E-state index in [1.807, 2.05) is 26.0 Å². The highest BCUT2D eigenvalue weighted by Gasteiger charge is 2.19. The van der Waals surface area contributed by atoms with Crippen molar-refractivity contribution < 1.29 is 14.3 Å². The van der Waals surface area contributed by atoms with Gasteiger partial charge in [0.25, 0.3) is 0 Å². The predicted octanol–water partition coefficient (Wildman–Crippen LogP) is 5.45. The molecule has 0 aliphatic rings. The summed E-state index contributed by atoms with van der Waals surface area (Å²) in [6.45, 7) is 5.29. The number of hydrogen-bond acceptors (Lipinski definition) is 5. The van der Waals surface area contributed by atoms with Gasteiger partial charge in [-0.25, -0.2) is 9.78 Å². The number of aryl methyl sites for hydroxylation is 2. The van der Waals surface area contributed by atoms with Crippen molar-refractivity contribution in [2.45, 2.75) is 27.4 Å². The van der Waals surface area contributed by atoms with Crippen LogP contribution in [0.5, 0.6) is 0 Å². The lowest BCUT2D eigenvalue weighted by Crippen LogP contribution is -2.22. The van der Waals surface area contributed by atoms with Crippen molar-refractivity contribution in [2.24, 2.45) is 0 Å². The minimum atomic E-state index is -0.394. The quantitative estimate of drug-likeness (QED) is 0.520. The van der Waals surface area contributed by atoms with Crippen LogP contribution < -0.4 is 4.90 Å². The number of hydrogen-bond donors (Lipinski definition) is 0. The molecule has 0 bridgehead atoms. The highest BCUT2D eigenvalue weighted by atomic mass is 35.5. The summed E-state index contributed by atoms with van der Waals surface area (Å²) < 4.78 is 5.41. The van der Waals surface area contributed by atoms with Gasteiger partial charge in [-0.15, -0.1) is 11.3 Å². The molecule has 0 unspecified atom stereocenters. The summed E-state index contributed by atoms with van der Waals surface area (Å²) in [7, 11) is 0. The molecule has 0 N–H and O–H groups in total. The summed E-state index contributed by atoms with van der Waals surface area (Å²) in [5, 5.41) is 2.79. The minimum absolute atomic E-state index is 0.0318. The second-order valence-electron chi connectivity index (χ2n) is 6.35. The molecule has 3 rings (SSSR count). The summed E-state index contributed by atoms with van der Waals surface area (Å²) in [4.78, 5) is 30.4. The molecular formula is C21H19ClN2O3S. The lowest BCUT2D eigenvalue weighted by molar-refractivity contribution is -0.115. The Balaban J connectivity index is 1.75. The second-order valence-corrected chi connectivity index (χ2v) is 7.62. The Morgan fingerprint density at radius 2 is 1.96 bits per heavy atom. The molecule has 3 aromatic rings. The zero-order valence-corrected chi connectivity index (χ0v) is 17.3. The number of thiazole rings is 1. The fourth-order valence-corrected chi connectivity index (χ4v) is 3.74. The molecule has 0 aliphatic carbocycles. The third kappa shape index (κ3) is 4.58. The summed E-state index contributed by atoms with van der Waals surface area (Å²) in [5.41, 5.74) is 3.60. The molecule has 0 aliphatic heterocycles. The van der Waals surface area contributed by atoms with E-state index >= 15 is 0 Å². The molecule has 144 valence electrons. The van der Waals surface area contributed by atoms with Crippen LogP contribution in [0.4, 0.5) is 10.8 Å². The standard InChI is InChI=1S/C21H19ClN2O3S/c1-13-7-8-14(2)19(9-13)20(26)27-11-17-12-28-21(23-17)24(15(3)25)18-6-4-5-16(22)10-18/h4-10,12H,11H2,1-3H3. The Morgan fingerprint density at radius 1 is 1.18 bits per heavy atom. The predicted molar refractivity (Wildman–Crippen MR) is 111 cm³/mol. The van der Waals surface area contributed by atoms with E-state index in [1.165, 1.54) is 23.2 Å². The Labute approximate surface area is 172 Å². The Kier molecular flexibility index (Phi) is 6.11. The molecule has 0 spiro atoms. The highest BCUT2D eigenvalue weighted by Crippen LogP contribution is 2.30. The molecule has 7 heteroatoms. The first-order valence-electron chi connectivity index (χ1n) is 8.60. The van der Waals surface area contributed by atoms with Gasteiger partial charge in [0.05, 0.1) is 16.9 Å². The normalized spacial score (nSPS) is 10.6. The molecule has 5 nitrogen and oxygen atoms in total. The summed E-state index contributed by atoms with van der Waals surface area (Å²) in [6, 6.07) is 12.6. The van der Waals surface area contributed by atoms with Crippen molar-refractivity contribution >= 4 is 45.6 Å². The highest BCUT2D eigenvalue weighted by molar-refractivity contribution is 7.14. The van der Waals surface area contributed by atoms with Crippen LogP contribution in [0.3, 0.4) is 0 Å². The number of amides is 1. The average molecular weight is 415 g/mol. The molecular weight excluding hydrogens is 396 g/mol. The lowest BCUT2D eigenvalue weighted by Gasteiger charge is -2.18. The van der Waals surface area contributed by atoms with E-state index in [4.69, 9.17) is 16.3 Å². The molecule has 0 fully saturated rings. The molecule has 2 aromatic carbocycles. The van der Waals surface area contributed by atoms with Crippen molar-refractivity contribution in [1.82, 2.24) is 4.98 Å². The van der Waals surface area contributed by atoms with Crippen molar-refractivity contribution in [3.05, 3.63) is 75.3 Å². The van der Waals surface area contributed by atoms with Crippen molar-refractivity contribution in [2.75, 3.05) is 4.90 Å². The fraction of sp³-hybridized carbons (Fsp3) is 0.190. The maximum Gasteiger partial charge on any atom is 0.338 e. The summed E-state index contributed by atoms with van der Waals surface area (Å²) in [6.07, 6.45) is 0. The molecule has 0 saturated heterocycles. The zero-order chi connectivity index (χ0) is 20.3. The maximum atomic E-state index is 12.4. The molecule has 28 heavy (non-hydrogen) atoms. The van der Waals surface area contributed by atoms with Crippen LogP contribution in [-0.2, 0) is 16.1 Å². The van der Waals surface area contributed by atoms with Crippen molar-refractivity contribution in [1.29, 1.82) is 0 Å². The minimum Gasteiger partial charge on any atom is -0.456 e. The van der Waals surface area contributed by atoms with Crippen LogP contribution >= 0.6 is 22.9 Å². The van der Waals surface area contributed by atoms with Crippen molar-refractivity contribution in [3.8, 4) is 0 Å². The van der Waals surface area contributed by atoms with Crippen LogP contribution in [0.25, 0.3) is 0 Å². The van der Waals surface area contributed by atoms with Gasteiger partial charge in [-0.1, -0.05) is 35.4 Å².